The zero-order valence-corrected chi connectivity index (χ0v) is 21.5. The molecule has 0 fully saturated rings. The van der Waals surface area contributed by atoms with Crippen LogP contribution in [0.15, 0.2) is 118 Å². The van der Waals surface area contributed by atoms with E-state index in [1.807, 2.05) is 50.2 Å². The molecule has 0 atom stereocenters. The van der Waals surface area contributed by atoms with Crippen LogP contribution in [-0.4, -0.2) is 36.1 Å². The molecule has 38 heavy (non-hydrogen) atoms. The van der Waals surface area contributed by atoms with Gasteiger partial charge in [0.05, 0.1) is 11.4 Å². The lowest BCUT2D eigenvalue weighted by Crippen LogP contribution is -1.94. The van der Waals surface area contributed by atoms with E-state index < -0.39 is 0 Å². The molecule has 0 saturated heterocycles. The van der Waals surface area contributed by atoms with Crippen LogP contribution in [0.2, 0.25) is 0 Å². The first-order valence-corrected chi connectivity index (χ1v) is 12.0. The summed E-state index contributed by atoms with van der Waals surface area (Å²) in [4.78, 5) is 25.0. The van der Waals surface area contributed by atoms with Crippen molar-refractivity contribution in [2.75, 3.05) is 0 Å². The van der Waals surface area contributed by atoms with E-state index in [9.17, 15) is 0 Å². The van der Waals surface area contributed by atoms with E-state index in [1.165, 1.54) is 12.7 Å². The first-order chi connectivity index (χ1) is 18.6. The Labute approximate surface area is 223 Å². The fourth-order valence-corrected chi connectivity index (χ4v) is 4.11. The topological polar surface area (TPSA) is 75.2 Å². The Balaban J connectivity index is 1.88. The zero-order chi connectivity index (χ0) is 26.7. The predicted molar refractivity (Wildman–Crippen MR) is 162 cm³/mol. The van der Waals surface area contributed by atoms with Crippen LogP contribution in [0.1, 0.15) is 25.0 Å². The molecule has 0 N–H and O–H groups in total. The minimum atomic E-state index is 0.895. The molecule has 2 aromatic heterocycles. The van der Waals surface area contributed by atoms with E-state index in [4.69, 9.17) is 0 Å². The molecule has 0 bridgehead atoms. The molecular formula is C32H28N6. The molecule has 2 aromatic carbocycles. The van der Waals surface area contributed by atoms with E-state index in [1.54, 1.807) is 24.8 Å². The van der Waals surface area contributed by atoms with E-state index in [2.05, 4.69) is 79.8 Å². The van der Waals surface area contributed by atoms with E-state index in [-0.39, 0.29) is 0 Å². The van der Waals surface area contributed by atoms with E-state index >= 15 is 0 Å². The molecule has 4 rings (SSSR count). The molecule has 0 aliphatic carbocycles. The first kappa shape index (κ1) is 26.0. The minimum absolute atomic E-state index is 0.895. The monoisotopic (exact) mass is 496 g/mol. The van der Waals surface area contributed by atoms with Crippen molar-refractivity contribution in [2.24, 2.45) is 20.0 Å². The van der Waals surface area contributed by atoms with Crippen LogP contribution in [0, 0.1) is 0 Å². The number of benzene rings is 2. The Morgan fingerprint density at radius 1 is 0.632 bits per heavy atom. The van der Waals surface area contributed by atoms with Crippen LogP contribution in [0.5, 0.6) is 0 Å². The highest BCUT2D eigenvalue weighted by Crippen LogP contribution is 2.36. The number of pyridine rings is 2. The largest absolute Gasteiger partial charge is 0.256 e. The summed E-state index contributed by atoms with van der Waals surface area (Å²) >= 11 is 0. The van der Waals surface area contributed by atoms with Gasteiger partial charge < -0.3 is 0 Å². The van der Waals surface area contributed by atoms with Crippen LogP contribution in [0.3, 0.4) is 0 Å². The lowest BCUT2D eigenvalue weighted by molar-refractivity contribution is 1.31. The second-order valence-corrected chi connectivity index (χ2v) is 8.47. The molecule has 6 nitrogen and oxygen atoms in total. The van der Waals surface area contributed by atoms with Gasteiger partial charge in [0.1, 0.15) is 12.7 Å². The minimum Gasteiger partial charge on any atom is -0.256 e. The van der Waals surface area contributed by atoms with Gasteiger partial charge >= 0.3 is 0 Å². The zero-order valence-electron chi connectivity index (χ0n) is 21.5. The van der Waals surface area contributed by atoms with Gasteiger partial charge in [-0.3, -0.25) is 20.0 Å². The third-order valence-corrected chi connectivity index (χ3v) is 5.94. The van der Waals surface area contributed by atoms with Crippen molar-refractivity contribution in [1.82, 2.24) is 9.97 Å². The summed E-state index contributed by atoms with van der Waals surface area (Å²) in [5, 5.41) is 0. The van der Waals surface area contributed by atoms with Crippen molar-refractivity contribution in [3.05, 3.63) is 109 Å². The lowest BCUT2D eigenvalue weighted by Gasteiger charge is -2.15. The van der Waals surface area contributed by atoms with E-state index in [0.29, 0.717) is 0 Å². The van der Waals surface area contributed by atoms with Gasteiger partial charge in [-0.05, 0) is 97.1 Å². The normalized spacial score (nSPS) is 12.3. The number of aromatic nitrogens is 2. The Morgan fingerprint density at radius 2 is 1.08 bits per heavy atom. The van der Waals surface area contributed by atoms with Crippen LogP contribution in [0.25, 0.3) is 44.8 Å². The molecule has 6 heteroatoms. The van der Waals surface area contributed by atoms with Gasteiger partial charge in [0.25, 0.3) is 0 Å². The Bertz CT molecular complexity index is 1430. The number of hydrogen-bond acceptors (Lipinski definition) is 4. The third kappa shape index (κ3) is 6.17. The summed E-state index contributed by atoms with van der Waals surface area (Å²) in [5.74, 6) is 0. The Hall–Kier alpha value is -5.10. The van der Waals surface area contributed by atoms with Crippen molar-refractivity contribution >= 4 is 37.3 Å². The molecule has 0 radical (unpaired) electrons. The average molecular weight is 497 g/mol. The Kier molecular flexibility index (Phi) is 8.71. The maximum Gasteiger partial charge on any atom is 0.114 e. The first-order valence-electron chi connectivity index (χ1n) is 12.0. The number of aliphatic imine (C=N–C) groups is 4. The molecule has 0 unspecified atom stereocenters. The van der Waals surface area contributed by atoms with Crippen molar-refractivity contribution in [2.45, 2.75) is 13.8 Å². The molecule has 0 amide bonds. The fraction of sp³-hybridized carbons (Fsp3) is 0.0625. The van der Waals surface area contributed by atoms with Gasteiger partial charge in [0.2, 0.25) is 0 Å². The van der Waals surface area contributed by atoms with Crippen LogP contribution < -0.4 is 0 Å². The quantitative estimate of drug-likeness (QED) is 0.176. The SMILES string of the molecule is C=NC=N/C=C(\C)c1cc(-c2ccc(-c3ccccn3)c(/C(C)=C/N=CN=C)c2)ccc1-c1ccccn1. The van der Waals surface area contributed by atoms with Crippen molar-refractivity contribution in [1.29, 1.82) is 0 Å². The van der Waals surface area contributed by atoms with Gasteiger partial charge in [-0.2, -0.15) is 0 Å². The van der Waals surface area contributed by atoms with Gasteiger partial charge in [0.15, 0.2) is 0 Å². The summed E-state index contributed by atoms with van der Waals surface area (Å²) in [5.41, 5.74) is 10.0. The second kappa shape index (κ2) is 12.7. The summed E-state index contributed by atoms with van der Waals surface area (Å²) in [6.07, 6.45) is 10.0. The summed E-state index contributed by atoms with van der Waals surface area (Å²) in [7, 11) is 0. The van der Waals surface area contributed by atoms with Crippen LogP contribution in [0.4, 0.5) is 0 Å². The van der Waals surface area contributed by atoms with Crippen molar-refractivity contribution < 1.29 is 0 Å². The van der Waals surface area contributed by atoms with Crippen molar-refractivity contribution in [3.8, 4) is 33.6 Å². The molecule has 0 aliphatic rings. The van der Waals surface area contributed by atoms with Gasteiger partial charge in [-0.1, -0.05) is 36.4 Å². The average Bonchev–Trinajstić information content (AvgIpc) is 2.97. The molecule has 2 heterocycles. The van der Waals surface area contributed by atoms with Crippen molar-refractivity contribution in [3.63, 3.8) is 0 Å². The lowest BCUT2D eigenvalue weighted by atomic mass is 9.90. The molecule has 0 spiro atoms. The highest BCUT2D eigenvalue weighted by Gasteiger charge is 2.13. The van der Waals surface area contributed by atoms with E-state index in [0.717, 1.165) is 55.9 Å². The van der Waals surface area contributed by atoms with Crippen LogP contribution >= 0.6 is 0 Å². The number of nitrogens with zero attached hydrogens (tertiary/aromatic N) is 6. The van der Waals surface area contributed by atoms with Gasteiger partial charge in [-0.25, -0.2) is 9.98 Å². The number of hydrogen-bond donors (Lipinski definition) is 0. The van der Waals surface area contributed by atoms with Gasteiger partial charge in [-0.15, -0.1) is 0 Å². The molecule has 0 aliphatic heterocycles. The molecule has 4 aromatic rings. The predicted octanol–water partition coefficient (Wildman–Crippen LogP) is 7.66. The van der Waals surface area contributed by atoms with Gasteiger partial charge in [0, 0.05) is 35.9 Å². The summed E-state index contributed by atoms with van der Waals surface area (Å²) in [6, 6.07) is 24.6. The molecule has 0 saturated carbocycles. The number of allylic oxidation sites excluding steroid dienone is 2. The highest BCUT2D eigenvalue weighted by atomic mass is 14.8. The smallest absolute Gasteiger partial charge is 0.114 e. The van der Waals surface area contributed by atoms with Crippen LogP contribution in [-0.2, 0) is 0 Å². The summed E-state index contributed by atoms with van der Waals surface area (Å²) in [6.45, 7) is 11.0. The fourth-order valence-electron chi connectivity index (χ4n) is 4.11. The highest BCUT2D eigenvalue weighted by molar-refractivity contribution is 5.87. The summed E-state index contributed by atoms with van der Waals surface area (Å²) < 4.78 is 0. The second-order valence-electron chi connectivity index (χ2n) is 8.47. The maximum absolute atomic E-state index is 4.57. The molecule has 186 valence electrons. The number of rotatable bonds is 9. The third-order valence-electron chi connectivity index (χ3n) is 5.94. The molecular weight excluding hydrogens is 468 g/mol. The maximum atomic E-state index is 4.57. The standard InChI is InChI=1S/C32H28N6/c1-23(19-35-21-33-3)29-17-25(11-13-27(29)31-9-5-7-15-37-31)26-12-14-28(32-10-6-8-16-38-32)30(18-26)24(2)20-36-22-34-4/h5-22H,3-4H2,1-2H3/b23-19+,24-20+,35-21?,36-22?. The Morgan fingerprint density at radius 3 is 1.45 bits per heavy atom.